The molecule has 9 heteroatoms. The molecule has 1 N–H and O–H groups in total. The quantitative estimate of drug-likeness (QED) is 0.627. The second-order valence-corrected chi connectivity index (χ2v) is 6.25. The Labute approximate surface area is 134 Å². The number of hydrogen-bond acceptors (Lipinski definition) is 5. The molecule has 2 aromatic rings. The van der Waals surface area contributed by atoms with Crippen LogP contribution in [0.2, 0.25) is 5.15 Å². The molecule has 116 valence electrons. The Hall–Kier alpha value is -1.44. The van der Waals surface area contributed by atoms with E-state index in [4.69, 9.17) is 27.9 Å². The minimum atomic E-state index is -0.763. The van der Waals surface area contributed by atoms with Gasteiger partial charge in [0.1, 0.15) is 5.82 Å². The molecule has 2 aromatic heterocycles. The third-order valence-electron chi connectivity index (χ3n) is 4.11. The highest BCUT2D eigenvalue weighted by atomic mass is 35.5. The molecular formula is C13H11Cl2FN4O2. The lowest BCUT2D eigenvalue weighted by Gasteiger charge is -2.23. The van der Waals surface area contributed by atoms with Gasteiger partial charge in [0, 0.05) is 18.7 Å². The van der Waals surface area contributed by atoms with Crippen LogP contribution in [-0.2, 0) is 4.74 Å². The molecule has 3 atom stereocenters. The van der Waals surface area contributed by atoms with Crippen molar-refractivity contribution >= 4 is 39.9 Å². The van der Waals surface area contributed by atoms with Crippen molar-refractivity contribution in [2.24, 2.45) is 5.92 Å². The first-order valence-corrected chi connectivity index (χ1v) is 7.62. The van der Waals surface area contributed by atoms with E-state index in [1.54, 1.807) is 0 Å². The number of H-pyrrole nitrogens is 1. The summed E-state index contributed by atoms with van der Waals surface area (Å²) < 4.78 is 19.6. The molecule has 3 heterocycles. The van der Waals surface area contributed by atoms with E-state index in [2.05, 4.69) is 15.0 Å². The van der Waals surface area contributed by atoms with Gasteiger partial charge in [0.2, 0.25) is 0 Å². The Kier molecular flexibility index (Phi) is 3.25. The van der Waals surface area contributed by atoms with E-state index < -0.39 is 11.5 Å². The maximum atomic E-state index is 14.1. The summed E-state index contributed by atoms with van der Waals surface area (Å²) in [4.78, 5) is 23.9. The molecule has 22 heavy (non-hydrogen) atoms. The first-order valence-electron chi connectivity index (χ1n) is 6.80. The standard InChI is InChI=1S/C13H11Cl2FN4O2/c14-7-6-4-22-2-1-20(10(6)7)12-5-3-17-11(15)8(16)9(5)18-13(21)19-12/h3,6-7,10H,1-2,4H2,(H,18,19,21)/t6?,7-,10?/m0/s1. The van der Waals surface area contributed by atoms with Gasteiger partial charge in [0.05, 0.1) is 35.5 Å². The third-order valence-corrected chi connectivity index (χ3v) is 4.95. The molecule has 1 aliphatic heterocycles. The van der Waals surface area contributed by atoms with Gasteiger partial charge >= 0.3 is 5.69 Å². The van der Waals surface area contributed by atoms with Gasteiger partial charge in [0.25, 0.3) is 0 Å². The van der Waals surface area contributed by atoms with Gasteiger partial charge in [-0.25, -0.2) is 14.2 Å². The highest BCUT2D eigenvalue weighted by molar-refractivity contribution is 6.30. The fourth-order valence-corrected chi connectivity index (χ4v) is 3.56. The van der Waals surface area contributed by atoms with Crippen LogP contribution in [0.3, 0.4) is 0 Å². The van der Waals surface area contributed by atoms with E-state index in [0.717, 1.165) is 0 Å². The minimum Gasteiger partial charge on any atom is -0.379 e. The number of aromatic nitrogens is 3. The van der Waals surface area contributed by atoms with Crippen molar-refractivity contribution in [3.05, 3.63) is 27.7 Å². The van der Waals surface area contributed by atoms with Gasteiger partial charge in [-0.1, -0.05) is 11.6 Å². The maximum absolute atomic E-state index is 14.1. The van der Waals surface area contributed by atoms with Crippen LogP contribution < -0.4 is 10.6 Å². The van der Waals surface area contributed by atoms with E-state index in [1.807, 2.05) is 4.90 Å². The van der Waals surface area contributed by atoms with Crippen LogP contribution in [0.25, 0.3) is 10.9 Å². The Morgan fingerprint density at radius 2 is 2.32 bits per heavy atom. The minimum absolute atomic E-state index is 0.00323. The highest BCUT2D eigenvalue weighted by Gasteiger charge is 2.54. The summed E-state index contributed by atoms with van der Waals surface area (Å²) in [6.07, 6.45) is 1.41. The SMILES string of the molecule is O=c1nc(N2CCOCC3C2[C@H]3Cl)c2cnc(Cl)c(F)c2[nH]1. The van der Waals surface area contributed by atoms with E-state index in [9.17, 15) is 9.18 Å². The van der Waals surface area contributed by atoms with Gasteiger partial charge in [-0.3, -0.25) is 0 Å². The normalized spacial score (nSPS) is 27.6. The predicted molar refractivity (Wildman–Crippen MR) is 80.2 cm³/mol. The fourth-order valence-electron chi connectivity index (χ4n) is 2.95. The number of hydrogen-bond donors (Lipinski definition) is 1. The molecule has 1 saturated heterocycles. The van der Waals surface area contributed by atoms with Gasteiger partial charge in [-0.05, 0) is 0 Å². The Morgan fingerprint density at radius 1 is 1.50 bits per heavy atom. The van der Waals surface area contributed by atoms with Crippen LogP contribution >= 0.6 is 23.2 Å². The summed E-state index contributed by atoms with van der Waals surface area (Å²) in [6.45, 7) is 1.60. The van der Waals surface area contributed by atoms with E-state index in [0.29, 0.717) is 31.0 Å². The molecule has 1 saturated carbocycles. The zero-order chi connectivity index (χ0) is 15.4. The van der Waals surface area contributed by atoms with Crippen LogP contribution in [0.1, 0.15) is 0 Å². The Bertz CT molecular complexity index is 814. The number of nitrogens with one attached hydrogen (secondary N) is 1. The number of rotatable bonds is 1. The molecule has 2 aliphatic rings. The van der Waals surface area contributed by atoms with Crippen LogP contribution in [-0.4, -0.2) is 46.1 Å². The second-order valence-electron chi connectivity index (χ2n) is 5.38. The molecule has 0 spiro atoms. The molecule has 4 rings (SSSR count). The first kappa shape index (κ1) is 14.2. The summed E-state index contributed by atoms with van der Waals surface area (Å²) in [7, 11) is 0. The number of fused-ring (bicyclic) bond motifs is 2. The van der Waals surface area contributed by atoms with Crippen molar-refractivity contribution in [1.82, 2.24) is 15.0 Å². The molecule has 0 aromatic carbocycles. The van der Waals surface area contributed by atoms with E-state index in [-0.39, 0.29) is 28.0 Å². The van der Waals surface area contributed by atoms with Crippen LogP contribution in [0.5, 0.6) is 0 Å². The molecule has 1 aliphatic carbocycles. The van der Waals surface area contributed by atoms with Gasteiger partial charge in [-0.2, -0.15) is 4.98 Å². The van der Waals surface area contributed by atoms with Crippen molar-refractivity contribution in [3.8, 4) is 0 Å². The summed E-state index contributed by atoms with van der Waals surface area (Å²) in [5.74, 6) is -0.211. The monoisotopic (exact) mass is 344 g/mol. The van der Waals surface area contributed by atoms with Crippen molar-refractivity contribution in [2.45, 2.75) is 11.4 Å². The first-order chi connectivity index (χ1) is 10.6. The summed E-state index contributed by atoms with van der Waals surface area (Å²) >= 11 is 12.0. The lowest BCUT2D eigenvalue weighted by molar-refractivity contribution is 0.139. The van der Waals surface area contributed by atoms with E-state index >= 15 is 0 Å². The largest absolute Gasteiger partial charge is 0.379 e. The zero-order valence-electron chi connectivity index (χ0n) is 11.2. The average molecular weight is 345 g/mol. The number of nitrogens with zero attached hydrogens (tertiary/aromatic N) is 3. The predicted octanol–water partition coefficient (Wildman–Crippen LogP) is 1.55. The van der Waals surface area contributed by atoms with Crippen LogP contribution in [0.15, 0.2) is 11.0 Å². The number of alkyl halides is 1. The molecule has 6 nitrogen and oxygen atoms in total. The third kappa shape index (κ3) is 2.07. The van der Waals surface area contributed by atoms with E-state index in [1.165, 1.54) is 6.20 Å². The number of aromatic amines is 1. The summed E-state index contributed by atoms with van der Waals surface area (Å²) in [5, 5.41) is 0.0403. The molecule has 0 radical (unpaired) electrons. The number of halogens is 3. The molecule has 0 bridgehead atoms. The Balaban J connectivity index is 1.91. The summed E-state index contributed by atoms with van der Waals surface area (Å²) in [6, 6.07) is 0.0282. The molecule has 2 unspecified atom stereocenters. The molecule has 0 amide bonds. The topological polar surface area (TPSA) is 71.1 Å². The van der Waals surface area contributed by atoms with Crippen molar-refractivity contribution in [2.75, 3.05) is 24.7 Å². The second kappa shape index (κ2) is 5.04. The average Bonchev–Trinajstić information content (AvgIpc) is 3.18. The number of pyridine rings is 1. The van der Waals surface area contributed by atoms with Crippen molar-refractivity contribution < 1.29 is 9.13 Å². The van der Waals surface area contributed by atoms with Crippen LogP contribution in [0, 0.1) is 11.7 Å². The fraction of sp³-hybridized carbons (Fsp3) is 0.462. The van der Waals surface area contributed by atoms with Gasteiger partial charge < -0.3 is 14.6 Å². The molecular weight excluding hydrogens is 334 g/mol. The van der Waals surface area contributed by atoms with Gasteiger partial charge in [-0.15, -0.1) is 11.6 Å². The number of anilines is 1. The zero-order valence-corrected chi connectivity index (χ0v) is 12.7. The van der Waals surface area contributed by atoms with Gasteiger partial charge in [0.15, 0.2) is 11.0 Å². The summed E-state index contributed by atoms with van der Waals surface area (Å²) in [5.41, 5.74) is -0.638. The highest BCUT2D eigenvalue weighted by Crippen LogP contribution is 2.45. The molecule has 2 fully saturated rings. The smallest absolute Gasteiger partial charge is 0.347 e. The maximum Gasteiger partial charge on any atom is 0.347 e. The van der Waals surface area contributed by atoms with Crippen molar-refractivity contribution in [1.29, 1.82) is 0 Å². The van der Waals surface area contributed by atoms with Crippen LogP contribution in [0.4, 0.5) is 10.2 Å². The lowest BCUT2D eigenvalue weighted by atomic mass is 10.2. The number of ether oxygens (including phenoxy) is 1. The Morgan fingerprint density at radius 3 is 3.14 bits per heavy atom. The lowest BCUT2D eigenvalue weighted by Crippen LogP contribution is -2.33. The van der Waals surface area contributed by atoms with Crippen molar-refractivity contribution in [3.63, 3.8) is 0 Å².